The third-order valence-corrected chi connectivity index (χ3v) is 5.16. The van der Waals surface area contributed by atoms with Crippen molar-refractivity contribution >= 4 is 23.4 Å². The largest absolute Gasteiger partial charge is 0.452 e. The summed E-state index contributed by atoms with van der Waals surface area (Å²) < 4.78 is 4.96. The standard InChI is InChI=1S/C19H27N3O3/c1-5-15(20-3)14-8-9-16-17(10-14)21(18(23)13-6-7-13)11-12(2)22(16)19(24)25-4/h8-10,12-13,15,20H,5-7,11H2,1-4H3/t12-,15?/m0/s1. The zero-order valence-corrected chi connectivity index (χ0v) is 15.4. The minimum absolute atomic E-state index is 0.125. The van der Waals surface area contributed by atoms with E-state index in [4.69, 9.17) is 4.74 Å². The van der Waals surface area contributed by atoms with Crippen LogP contribution in [0.4, 0.5) is 16.2 Å². The zero-order valence-electron chi connectivity index (χ0n) is 15.4. The quantitative estimate of drug-likeness (QED) is 0.911. The maximum Gasteiger partial charge on any atom is 0.414 e. The van der Waals surface area contributed by atoms with E-state index in [0.717, 1.165) is 36.2 Å². The Morgan fingerprint density at radius 1 is 1.32 bits per heavy atom. The van der Waals surface area contributed by atoms with Gasteiger partial charge in [-0.25, -0.2) is 4.79 Å². The van der Waals surface area contributed by atoms with Crippen molar-refractivity contribution in [2.45, 2.75) is 45.2 Å². The summed E-state index contributed by atoms with van der Waals surface area (Å²) in [7, 11) is 3.32. The molecule has 0 spiro atoms. The molecule has 1 N–H and O–H groups in total. The lowest BCUT2D eigenvalue weighted by atomic mass is 9.99. The molecule has 2 amide bonds. The average molecular weight is 345 g/mol. The minimum atomic E-state index is -0.388. The van der Waals surface area contributed by atoms with E-state index in [0.29, 0.717) is 6.54 Å². The van der Waals surface area contributed by atoms with Crippen LogP contribution in [0.5, 0.6) is 0 Å². The van der Waals surface area contributed by atoms with Gasteiger partial charge in [0, 0.05) is 18.5 Å². The number of nitrogens with zero attached hydrogens (tertiary/aromatic N) is 2. The zero-order chi connectivity index (χ0) is 18.1. The van der Waals surface area contributed by atoms with Gasteiger partial charge in [-0.1, -0.05) is 13.0 Å². The van der Waals surface area contributed by atoms with Gasteiger partial charge in [-0.15, -0.1) is 0 Å². The van der Waals surface area contributed by atoms with Crippen LogP contribution in [0.2, 0.25) is 0 Å². The number of fused-ring (bicyclic) bond motifs is 1. The van der Waals surface area contributed by atoms with E-state index in [1.54, 1.807) is 4.90 Å². The molecule has 0 bridgehead atoms. The van der Waals surface area contributed by atoms with Crippen molar-refractivity contribution in [2.75, 3.05) is 30.5 Å². The minimum Gasteiger partial charge on any atom is -0.452 e. The first-order chi connectivity index (χ1) is 12.0. The van der Waals surface area contributed by atoms with Gasteiger partial charge in [0.2, 0.25) is 5.91 Å². The third kappa shape index (κ3) is 3.23. The van der Waals surface area contributed by atoms with Gasteiger partial charge in [0.1, 0.15) is 0 Å². The molecule has 0 saturated heterocycles. The van der Waals surface area contributed by atoms with Gasteiger partial charge in [-0.3, -0.25) is 9.69 Å². The van der Waals surface area contributed by atoms with Crippen LogP contribution in [-0.4, -0.2) is 38.7 Å². The molecule has 0 aromatic heterocycles. The second kappa shape index (κ2) is 7.04. The number of nitrogens with one attached hydrogen (secondary N) is 1. The summed E-state index contributed by atoms with van der Waals surface area (Å²) in [5, 5.41) is 3.30. The van der Waals surface area contributed by atoms with E-state index in [1.165, 1.54) is 7.11 Å². The summed E-state index contributed by atoms with van der Waals surface area (Å²) in [6, 6.07) is 6.10. The van der Waals surface area contributed by atoms with Crippen LogP contribution in [-0.2, 0) is 9.53 Å². The number of hydrogen-bond acceptors (Lipinski definition) is 4. The smallest absolute Gasteiger partial charge is 0.414 e. The van der Waals surface area contributed by atoms with Crippen LogP contribution in [0, 0.1) is 5.92 Å². The summed E-state index contributed by atoms with van der Waals surface area (Å²) in [5.41, 5.74) is 2.68. The molecule has 1 aliphatic carbocycles. The molecule has 1 aromatic carbocycles. The van der Waals surface area contributed by atoms with Gasteiger partial charge >= 0.3 is 6.09 Å². The van der Waals surface area contributed by atoms with Crippen molar-refractivity contribution in [1.82, 2.24) is 5.32 Å². The molecule has 1 fully saturated rings. The summed E-state index contributed by atoms with van der Waals surface area (Å²) in [5.74, 6) is 0.312. The predicted molar refractivity (Wildman–Crippen MR) is 98.0 cm³/mol. The van der Waals surface area contributed by atoms with Crippen LogP contribution < -0.4 is 15.1 Å². The topological polar surface area (TPSA) is 61.9 Å². The molecule has 1 heterocycles. The Kier molecular flexibility index (Phi) is 4.99. The molecule has 6 heteroatoms. The Morgan fingerprint density at radius 2 is 2.04 bits per heavy atom. The van der Waals surface area contributed by atoms with Gasteiger partial charge in [-0.05, 0) is 50.9 Å². The molecule has 1 aromatic rings. The third-order valence-electron chi connectivity index (χ3n) is 5.16. The van der Waals surface area contributed by atoms with E-state index in [-0.39, 0.29) is 30.0 Å². The second-order valence-electron chi connectivity index (χ2n) is 6.91. The number of amides is 2. The molecule has 136 valence electrons. The summed E-state index contributed by atoms with van der Waals surface area (Å²) in [6.45, 7) is 4.57. The van der Waals surface area contributed by atoms with Crippen molar-refractivity contribution in [3.05, 3.63) is 23.8 Å². The molecule has 2 aliphatic rings. The monoisotopic (exact) mass is 345 g/mol. The number of rotatable bonds is 4. The fourth-order valence-corrected chi connectivity index (χ4v) is 3.60. The Labute approximate surface area is 149 Å². The lowest BCUT2D eigenvalue weighted by molar-refractivity contribution is -0.119. The maximum atomic E-state index is 12.8. The lowest BCUT2D eigenvalue weighted by Gasteiger charge is -2.40. The summed E-state index contributed by atoms with van der Waals surface area (Å²) in [6.07, 6.45) is 2.49. The molecular formula is C19H27N3O3. The number of benzene rings is 1. The first-order valence-electron chi connectivity index (χ1n) is 9.01. The van der Waals surface area contributed by atoms with Gasteiger partial charge in [0.05, 0.1) is 24.5 Å². The van der Waals surface area contributed by atoms with Gasteiger partial charge < -0.3 is 15.0 Å². The molecular weight excluding hydrogens is 318 g/mol. The van der Waals surface area contributed by atoms with Crippen molar-refractivity contribution in [3.63, 3.8) is 0 Å². The number of hydrogen-bond donors (Lipinski definition) is 1. The SMILES string of the molecule is CCC(NC)c1ccc2c(c1)N(C(=O)C1CC1)C[C@H](C)N2C(=O)OC. The number of ether oxygens (including phenoxy) is 1. The Morgan fingerprint density at radius 3 is 2.60 bits per heavy atom. The van der Waals surface area contributed by atoms with Crippen LogP contribution in [0.15, 0.2) is 18.2 Å². The highest BCUT2D eigenvalue weighted by Gasteiger charge is 2.40. The highest BCUT2D eigenvalue weighted by atomic mass is 16.5. The molecule has 2 atom stereocenters. The molecule has 0 radical (unpaired) electrons. The van der Waals surface area contributed by atoms with Crippen LogP contribution >= 0.6 is 0 Å². The molecule has 3 rings (SSSR count). The van der Waals surface area contributed by atoms with Gasteiger partial charge in [0.25, 0.3) is 0 Å². The number of carbonyl (C=O) groups is 2. The lowest BCUT2D eigenvalue weighted by Crippen LogP contribution is -2.52. The van der Waals surface area contributed by atoms with E-state index in [1.807, 2.05) is 37.1 Å². The molecule has 1 saturated carbocycles. The Hall–Kier alpha value is -2.08. The Bertz CT molecular complexity index is 668. The normalized spacial score (nSPS) is 20.9. The van der Waals surface area contributed by atoms with Crippen molar-refractivity contribution < 1.29 is 14.3 Å². The van der Waals surface area contributed by atoms with Gasteiger partial charge in [0.15, 0.2) is 0 Å². The number of anilines is 2. The van der Waals surface area contributed by atoms with E-state index < -0.39 is 0 Å². The second-order valence-corrected chi connectivity index (χ2v) is 6.91. The number of methoxy groups -OCH3 is 1. The maximum absolute atomic E-state index is 12.8. The fraction of sp³-hybridized carbons (Fsp3) is 0.579. The van der Waals surface area contributed by atoms with Crippen molar-refractivity contribution in [1.29, 1.82) is 0 Å². The Balaban J connectivity index is 2.06. The molecule has 6 nitrogen and oxygen atoms in total. The van der Waals surface area contributed by atoms with Crippen molar-refractivity contribution in [2.24, 2.45) is 5.92 Å². The number of carbonyl (C=O) groups excluding carboxylic acids is 2. The van der Waals surface area contributed by atoms with Crippen LogP contribution in [0.1, 0.15) is 44.7 Å². The fourth-order valence-electron chi connectivity index (χ4n) is 3.60. The van der Waals surface area contributed by atoms with Crippen LogP contribution in [0.3, 0.4) is 0 Å². The van der Waals surface area contributed by atoms with E-state index in [2.05, 4.69) is 12.2 Å². The van der Waals surface area contributed by atoms with E-state index in [9.17, 15) is 9.59 Å². The summed E-state index contributed by atoms with van der Waals surface area (Å²) in [4.78, 5) is 28.6. The highest BCUT2D eigenvalue weighted by molar-refractivity contribution is 6.04. The predicted octanol–water partition coefficient (Wildman–Crippen LogP) is 3.08. The first kappa shape index (κ1) is 17.7. The summed E-state index contributed by atoms with van der Waals surface area (Å²) >= 11 is 0. The molecule has 1 aliphatic heterocycles. The van der Waals surface area contributed by atoms with Gasteiger partial charge in [-0.2, -0.15) is 0 Å². The van der Waals surface area contributed by atoms with Crippen LogP contribution in [0.25, 0.3) is 0 Å². The average Bonchev–Trinajstić information content (AvgIpc) is 3.46. The highest BCUT2D eigenvalue weighted by Crippen LogP contribution is 2.41. The molecule has 25 heavy (non-hydrogen) atoms. The first-order valence-corrected chi connectivity index (χ1v) is 9.01. The van der Waals surface area contributed by atoms with E-state index >= 15 is 0 Å². The molecule has 1 unspecified atom stereocenters. The van der Waals surface area contributed by atoms with Crippen molar-refractivity contribution in [3.8, 4) is 0 Å².